The number of carbonyl (C=O) groups is 1. The van der Waals surface area contributed by atoms with Crippen LogP contribution in [0.15, 0.2) is 77.0 Å². The summed E-state index contributed by atoms with van der Waals surface area (Å²) in [6.07, 6.45) is 0. The third-order valence-electron chi connectivity index (χ3n) is 3.73. The van der Waals surface area contributed by atoms with Gasteiger partial charge in [-0.05, 0) is 17.7 Å². The van der Waals surface area contributed by atoms with Gasteiger partial charge in [-0.25, -0.2) is 4.79 Å². The van der Waals surface area contributed by atoms with E-state index in [0.717, 1.165) is 15.6 Å². The fraction of sp³-hybridized carbons (Fsp3) is 0.105. The fourth-order valence-electron chi connectivity index (χ4n) is 2.67. The monoisotopic (exact) mass is 370 g/mol. The van der Waals surface area contributed by atoms with Gasteiger partial charge >= 0.3 is 5.97 Å². The first-order chi connectivity index (χ1) is 11.1. The van der Waals surface area contributed by atoms with Crippen molar-refractivity contribution in [2.24, 2.45) is 0 Å². The van der Waals surface area contributed by atoms with Gasteiger partial charge in [0.2, 0.25) is 0 Å². The molecular formula is C19H15BrO3. The number of allylic oxidation sites excluding steroid dienone is 1. The Labute approximate surface area is 143 Å². The summed E-state index contributed by atoms with van der Waals surface area (Å²) in [5.41, 5.74) is 2.24. The van der Waals surface area contributed by atoms with E-state index in [1.807, 2.05) is 54.6 Å². The largest absolute Gasteiger partial charge is 0.466 e. The number of carbonyl (C=O) groups excluding carboxylic acids is 1. The molecule has 4 heteroatoms. The van der Waals surface area contributed by atoms with E-state index in [0.29, 0.717) is 17.1 Å². The van der Waals surface area contributed by atoms with Crippen LogP contribution >= 0.6 is 15.9 Å². The highest BCUT2D eigenvalue weighted by atomic mass is 79.9. The maximum absolute atomic E-state index is 12.4. The number of benzene rings is 2. The molecule has 116 valence electrons. The second-order valence-electron chi connectivity index (χ2n) is 5.15. The summed E-state index contributed by atoms with van der Waals surface area (Å²) in [6.45, 7) is 3.99. The molecule has 2 aromatic rings. The van der Waals surface area contributed by atoms with E-state index in [-0.39, 0.29) is 5.92 Å². The predicted molar refractivity (Wildman–Crippen MR) is 92.5 cm³/mol. The average Bonchev–Trinajstić information content (AvgIpc) is 2.93. The number of ether oxygens (including phenoxy) is 2. The van der Waals surface area contributed by atoms with Crippen LogP contribution in [0.2, 0.25) is 0 Å². The van der Waals surface area contributed by atoms with Crippen LogP contribution in [0, 0.1) is 0 Å². The van der Waals surface area contributed by atoms with Crippen LogP contribution in [0.5, 0.6) is 0 Å². The summed E-state index contributed by atoms with van der Waals surface area (Å²) in [4.78, 5) is 12.4. The van der Waals surface area contributed by atoms with E-state index >= 15 is 0 Å². The van der Waals surface area contributed by atoms with Crippen LogP contribution in [0.4, 0.5) is 0 Å². The zero-order valence-electron chi connectivity index (χ0n) is 12.6. The summed E-state index contributed by atoms with van der Waals surface area (Å²) >= 11 is 3.41. The quantitative estimate of drug-likeness (QED) is 0.737. The summed E-state index contributed by atoms with van der Waals surface area (Å²) in [5.74, 6) is 0.287. The van der Waals surface area contributed by atoms with Gasteiger partial charge in [0.05, 0.1) is 18.6 Å². The molecule has 3 rings (SSSR count). The van der Waals surface area contributed by atoms with E-state index in [4.69, 9.17) is 9.47 Å². The Kier molecular flexibility index (Phi) is 4.35. The Morgan fingerprint density at radius 2 is 1.78 bits per heavy atom. The van der Waals surface area contributed by atoms with Crippen molar-refractivity contribution in [3.8, 4) is 0 Å². The molecule has 1 atom stereocenters. The summed E-state index contributed by atoms with van der Waals surface area (Å²) in [7, 11) is 1.37. The molecule has 1 aliphatic rings. The lowest BCUT2D eigenvalue weighted by Crippen LogP contribution is -2.12. The minimum Gasteiger partial charge on any atom is -0.466 e. The average molecular weight is 371 g/mol. The van der Waals surface area contributed by atoms with Crippen LogP contribution < -0.4 is 0 Å². The van der Waals surface area contributed by atoms with Crippen molar-refractivity contribution >= 4 is 27.7 Å². The third kappa shape index (κ3) is 2.94. The molecule has 0 aromatic heterocycles. The molecular weight excluding hydrogens is 356 g/mol. The molecule has 0 amide bonds. The molecule has 3 nitrogen and oxygen atoms in total. The van der Waals surface area contributed by atoms with Crippen molar-refractivity contribution < 1.29 is 14.3 Å². The van der Waals surface area contributed by atoms with Gasteiger partial charge in [0.15, 0.2) is 0 Å². The maximum atomic E-state index is 12.4. The number of methoxy groups -OCH3 is 1. The molecule has 23 heavy (non-hydrogen) atoms. The predicted octanol–water partition coefficient (Wildman–Crippen LogP) is 4.66. The lowest BCUT2D eigenvalue weighted by Gasteiger charge is -2.12. The Morgan fingerprint density at radius 1 is 1.13 bits per heavy atom. The fourth-order valence-corrected chi connectivity index (χ4v) is 2.94. The van der Waals surface area contributed by atoms with Crippen LogP contribution in [-0.2, 0) is 14.3 Å². The van der Waals surface area contributed by atoms with E-state index in [1.165, 1.54) is 7.11 Å². The van der Waals surface area contributed by atoms with Crippen LogP contribution in [0.25, 0.3) is 5.76 Å². The molecule has 1 heterocycles. The van der Waals surface area contributed by atoms with Gasteiger partial charge in [0.1, 0.15) is 11.5 Å². The standard InChI is InChI=1S/C19H15BrO3/c1-12-16(13-6-4-3-5-7-13)17(19(21)22-2)18(23-12)14-8-10-15(20)11-9-14/h3-11,16H,1H2,2H3/t16-/m1/s1. The van der Waals surface area contributed by atoms with Gasteiger partial charge in [0.25, 0.3) is 0 Å². The highest BCUT2D eigenvalue weighted by Gasteiger charge is 2.38. The second-order valence-corrected chi connectivity index (χ2v) is 6.07. The van der Waals surface area contributed by atoms with Gasteiger partial charge in [-0.1, -0.05) is 65.0 Å². The smallest absolute Gasteiger partial charge is 0.338 e. The Balaban J connectivity index is 2.15. The molecule has 2 aromatic carbocycles. The second kappa shape index (κ2) is 6.42. The van der Waals surface area contributed by atoms with E-state index < -0.39 is 5.97 Å². The highest BCUT2D eigenvalue weighted by molar-refractivity contribution is 9.10. The normalized spacial score (nSPS) is 17.1. The number of hydrogen-bond acceptors (Lipinski definition) is 3. The van der Waals surface area contributed by atoms with Gasteiger partial charge in [-0.15, -0.1) is 0 Å². The van der Waals surface area contributed by atoms with Crippen molar-refractivity contribution in [3.63, 3.8) is 0 Å². The molecule has 0 saturated heterocycles. The Bertz CT molecular complexity index is 776. The molecule has 0 aliphatic carbocycles. The molecule has 1 aliphatic heterocycles. The Morgan fingerprint density at radius 3 is 2.39 bits per heavy atom. The van der Waals surface area contributed by atoms with E-state index in [1.54, 1.807) is 0 Å². The van der Waals surface area contributed by atoms with Crippen molar-refractivity contribution in [2.45, 2.75) is 5.92 Å². The zero-order valence-corrected chi connectivity index (χ0v) is 14.2. The molecule has 0 fully saturated rings. The molecule has 0 saturated carbocycles. The Hall–Kier alpha value is -2.33. The van der Waals surface area contributed by atoms with Crippen LogP contribution in [-0.4, -0.2) is 13.1 Å². The number of esters is 1. The first-order valence-electron chi connectivity index (χ1n) is 7.12. The minimum atomic E-state index is -0.407. The van der Waals surface area contributed by atoms with Crippen molar-refractivity contribution in [2.75, 3.05) is 7.11 Å². The summed E-state index contributed by atoms with van der Waals surface area (Å²) in [5, 5.41) is 0. The van der Waals surface area contributed by atoms with Gasteiger partial charge in [0, 0.05) is 10.0 Å². The maximum Gasteiger partial charge on any atom is 0.338 e. The first kappa shape index (κ1) is 15.6. The molecule has 0 bridgehead atoms. The van der Waals surface area contributed by atoms with E-state index in [9.17, 15) is 4.79 Å². The molecule has 0 spiro atoms. The number of rotatable bonds is 3. The van der Waals surface area contributed by atoms with Gasteiger partial charge in [-0.3, -0.25) is 0 Å². The van der Waals surface area contributed by atoms with Crippen LogP contribution in [0.3, 0.4) is 0 Å². The first-order valence-corrected chi connectivity index (χ1v) is 7.91. The molecule has 0 N–H and O–H groups in total. The van der Waals surface area contributed by atoms with Gasteiger partial charge < -0.3 is 9.47 Å². The lowest BCUT2D eigenvalue weighted by atomic mass is 9.89. The van der Waals surface area contributed by atoms with Crippen molar-refractivity contribution in [3.05, 3.63) is 88.1 Å². The van der Waals surface area contributed by atoms with Crippen LogP contribution in [0.1, 0.15) is 17.0 Å². The minimum absolute atomic E-state index is 0.331. The number of hydrogen-bond donors (Lipinski definition) is 0. The topological polar surface area (TPSA) is 35.5 Å². The van der Waals surface area contributed by atoms with Crippen molar-refractivity contribution in [1.29, 1.82) is 0 Å². The summed E-state index contributed by atoms with van der Waals surface area (Å²) < 4.78 is 11.8. The number of halogens is 1. The van der Waals surface area contributed by atoms with Gasteiger partial charge in [-0.2, -0.15) is 0 Å². The van der Waals surface area contributed by atoms with E-state index in [2.05, 4.69) is 22.5 Å². The van der Waals surface area contributed by atoms with Crippen molar-refractivity contribution in [1.82, 2.24) is 0 Å². The zero-order chi connectivity index (χ0) is 16.4. The lowest BCUT2D eigenvalue weighted by molar-refractivity contribution is -0.136. The summed E-state index contributed by atoms with van der Waals surface area (Å²) in [6, 6.07) is 17.3. The molecule has 0 unspecified atom stereocenters. The SMILES string of the molecule is C=C1OC(c2ccc(Br)cc2)=C(C(=O)OC)[C@H]1c1ccccc1. The molecule has 0 radical (unpaired) electrons. The highest BCUT2D eigenvalue weighted by Crippen LogP contribution is 2.45. The third-order valence-corrected chi connectivity index (χ3v) is 4.26.